The lowest BCUT2D eigenvalue weighted by atomic mass is 10.0. The summed E-state index contributed by atoms with van der Waals surface area (Å²) in [5.41, 5.74) is 15.2. The fourth-order valence-electron chi connectivity index (χ4n) is 16.5. The number of nitrogens with zero attached hydrogens (tertiary/aromatic N) is 18. The molecule has 3 fully saturated rings. The molecule has 3 aliphatic rings. The number of carbonyl (C=O) groups is 3. The van der Waals surface area contributed by atoms with E-state index in [2.05, 4.69) is 61.8 Å². The number of hydrogen-bond acceptors (Lipinski definition) is 21. The molecule has 0 spiro atoms. The lowest BCUT2D eigenvalue weighted by Crippen LogP contribution is -2.49. The number of amides is 3. The summed E-state index contributed by atoms with van der Waals surface area (Å²) in [4.78, 5) is 117. The molecule has 0 radical (unpaired) electrons. The number of nitrogen functional groups attached to an aromatic ring is 3. The zero-order valence-electron chi connectivity index (χ0n) is 73.2. The minimum absolute atomic E-state index is 0.00508. The van der Waals surface area contributed by atoms with Gasteiger partial charge in [0.15, 0.2) is 40.7 Å². The van der Waals surface area contributed by atoms with Crippen molar-refractivity contribution >= 4 is 178 Å². The van der Waals surface area contributed by atoms with E-state index in [9.17, 15) is 62.1 Å². The van der Waals surface area contributed by atoms with Crippen molar-refractivity contribution in [2.24, 2.45) is 0 Å². The molecule has 696 valence electrons. The third kappa shape index (κ3) is 17.7. The van der Waals surface area contributed by atoms with E-state index in [1.807, 2.05) is 47.6 Å². The van der Waals surface area contributed by atoms with Gasteiger partial charge in [0.25, 0.3) is 16.7 Å². The second kappa shape index (κ2) is 39.8. The normalized spacial score (nSPS) is 13.4. The lowest BCUT2D eigenvalue weighted by molar-refractivity contribution is -0.127. The molecule has 3 amide bonds. The average Bonchev–Trinajstić information content (AvgIpc) is 0.728. The standard InChI is InChI=1S/2C31H26Cl3F2N7O2.C31H26Cl2F3N7O2/c2*1-5-19(44)41-8-10-42(11-9-41)29-16-12-18(32)27(20-21(33)25(38)24(36)22(34)23(20)35)40-30(16)43(31(45)17(29)13-37)28-15(4)6-7-39-26(28)14(2)3;1-5-19(44)41-8-10-42(11-9-41)29-16-12-18(32)27(20-22(34)23(35)21(33)24(36)25(20)38)40-30(16)43(31(45)17(29)13-37)28-15(4)6-7-39-26(28)14(2)3/h3*5-7,12,14H,1,8-11,38H2,2-4H3. The molecule has 0 bridgehead atoms. The predicted octanol–water partition coefficient (Wildman–Crippen LogP) is 18.7. The molecule has 135 heavy (non-hydrogen) atoms. The van der Waals surface area contributed by atoms with Crippen LogP contribution in [-0.4, -0.2) is 155 Å². The Bertz CT molecular complexity index is 6650. The highest BCUT2D eigenvalue weighted by atomic mass is 35.5. The Balaban J connectivity index is 0.000000171. The fourth-order valence-corrected chi connectivity index (χ4v) is 18.4. The molecule has 12 heterocycles. The zero-order valence-corrected chi connectivity index (χ0v) is 79.2. The minimum atomic E-state index is -1.69. The summed E-state index contributed by atoms with van der Waals surface area (Å²) >= 11 is 50.2. The molecular formula is C93H78Cl8F7N21O6. The van der Waals surface area contributed by atoms with Gasteiger partial charge in [0, 0.05) is 113 Å². The van der Waals surface area contributed by atoms with E-state index >= 15 is 13.2 Å². The number of nitriles is 3. The molecule has 0 atom stereocenters. The van der Waals surface area contributed by atoms with E-state index < -0.39 is 122 Å². The molecule has 3 saturated heterocycles. The molecule has 0 saturated carbocycles. The lowest BCUT2D eigenvalue weighted by Gasteiger charge is -2.36. The Kier molecular flexibility index (Phi) is 29.3. The van der Waals surface area contributed by atoms with Gasteiger partial charge >= 0.3 is 0 Å². The SMILES string of the molecule is C=CC(=O)N1CCN(c2c(C#N)c(=O)n(-c3c(C)ccnc3C(C)C)c3nc(-c4c(F)c(Cl)c(F)c(N)c4Cl)c(Cl)cc23)CC1.C=CC(=O)N1CCN(c2c(C#N)c(=O)n(-c3c(C)ccnc3C(C)C)c3nc(-c4c(F)c(Cl)c(F)c(N)c4Cl)c(Cl)cc23)CC1.C=CC(=O)N1CCN(c2c(C#N)c(=O)n(-c3c(C)ccnc3C(C)C)c3nc(-c4c(N)c(F)c(Cl)c(F)c4F)c(Cl)cc23)CC1. The first-order chi connectivity index (χ1) is 64.0. The van der Waals surface area contributed by atoms with Crippen LogP contribution in [0.15, 0.2) is 107 Å². The maximum absolute atomic E-state index is 15.5. The largest absolute Gasteiger partial charge is 0.396 e. The quantitative estimate of drug-likeness (QED) is 0.0282. The van der Waals surface area contributed by atoms with Gasteiger partial charge in [-0.2, -0.15) is 15.8 Å². The Hall–Kier alpha value is -13.1. The predicted molar refractivity (Wildman–Crippen MR) is 512 cm³/mol. The maximum atomic E-state index is 15.5. The zero-order chi connectivity index (χ0) is 98.7. The van der Waals surface area contributed by atoms with Gasteiger partial charge in [-0.3, -0.25) is 57.4 Å². The number of carbonyl (C=O) groups excluding carboxylic acids is 3. The summed E-state index contributed by atoms with van der Waals surface area (Å²) in [6.07, 6.45) is 8.45. The van der Waals surface area contributed by atoms with Crippen LogP contribution in [0.25, 0.3) is 83.9 Å². The van der Waals surface area contributed by atoms with Crippen LogP contribution in [0.5, 0.6) is 0 Å². The van der Waals surface area contributed by atoms with Gasteiger partial charge in [-0.1, -0.05) is 154 Å². The first-order valence-electron chi connectivity index (χ1n) is 41.3. The molecule has 3 aromatic carbocycles. The molecule has 12 aromatic rings. The van der Waals surface area contributed by atoms with E-state index in [0.717, 1.165) is 0 Å². The van der Waals surface area contributed by atoms with Crippen LogP contribution in [0.2, 0.25) is 40.2 Å². The highest BCUT2D eigenvalue weighted by Crippen LogP contribution is 2.49. The van der Waals surface area contributed by atoms with Crippen LogP contribution < -0.4 is 48.6 Å². The van der Waals surface area contributed by atoms with Crippen molar-refractivity contribution in [3.05, 3.63) is 255 Å². The Morgan fingerprint density at radius 1 is 0.378 bits per heavy atom. The highest BCUT2D eigenvalue weighted by Gasteiger charge is 2.38. The number of pyridine rings is 9. The van der Waals surface area contributed by atoms with Crippen LogP contribution in [0.3, 0.4) is 0 Å². The summed E-state index contributed by atoms with van der Waals surface area (Å²) in [5, 5.41) is 27.4. The first kappa shape index (κ1) is 99.4. The second-order valence-electron chi connectivity index (χ2n) is 32.2. The Morgan fingerprint density at radius 2 is 0.630 bits per heavy atom. The number of aromatic nitrogens is 9. The van der Waals surface area contributed by atoms with Gasteiger partial charge < -0.3 is 46.6 Å². The molecule has 0 aliphatic carbocycles. The van der Waals surface area contributed by atoms with Crippen LogP contribution in [0.1, 0.15) is 110 Å². The van der Waals surface area contributed by atoms with E-state index in [0.29, 0.717) is 87.8 Å². The molecule has 27 nitrogen and oxygen atoms in total. The van der Waals surface area contributed by atoms with Gasteiger partial charge in [-0.25, -0.2) is 45.7 Å². The summed E-state index contributed by atoms with van der Waals surface area (Å²) in [6.45, 7) is 30.6. The maximum Gasteiger partial charge on any atom is 0.276 e. The van der Waals surface area contributed by atoms with Gasteiger partial charge in [-0.05, 0) is 110 Å². The molecule has 15 rings (SSSR count). The van der Waals surface area contributed by atoms with Crippen LogP contribution >= 0.6 is 92.8 Å². The van der Waals surface area contributed by atoms with Crippen molar-refractivity contribution in [3.63, 3.8) is 0 Å². The topological polar surface area (TPSA) is 363 Å². The van der Waals surface area contributed by atoms with Crippen molar-refractivity contribution in [2.75, 3.05) is 110 Å². The summed E-state index contributed by atoms with van der Waals surface area (Å²) in [7, 11) is 0. The van der Waals surface area contributed by atoms with Crippen LogP contribution in [-0.2, 0) is 14.4 Å². The number of nitrogens with two attached hydrogens (primary N) is 3. The van der Waals surface area contributed by atoms with Crippen molar-refractivity contribution in [2.45, 2.75) is 80.1 Å². The molecule has 9 aromatic heterocycles. The average molecular weight is 2000 g/mol. The first-order valence-corrected chi connectivity index (χ1v) is 44.3. The van der Waals surface area contributed by atoms with Gasteiger partial charge in [0.1, 0.15) is 66.9 Å². The summed E-state index contributed by atoms with van der Waals surface area (Å²) in [5.74, 6) is -10.9. The number of aryl methyl sites for hydroxylation is 3. The highest BCUT2D eigenvalue weighted by molar-refractivity contribution is 6.41. The van der Waals surface area contributed by atoms with E-state index in [1.165, 1.54) is 50.1 Å². The fraction of sp³-hybridized carbons (Fsp3) is 0.258. The van der Waals surface area contributed by atoms with E-state index in [-0.39, 0.29) is 170 Å². The molecular weight excluding hydrogens is 1920 g/mol. The minimum Gasteiger partial charge on any atom is -0.396 e. The van der Waals surface area contributed by atoms with Crippen molar-refractivity contribution in [1.82, 2.24) is 58.3 Å². The smallest absolute Gasteiger partial charge is 0.276 e. The molecule has 0 unspecified atom stereocenters. The van der Waals surface area contributed by atoms with E-state index in [4.69, 9.17) is 110 Å². The van der Waals surface area contributed by atoms with Crippen molar-refractivity contribution in [3.8, 4) is 69.0 Å². The molecule has 3 aliphatic heterocycles. The molecule has 42 heteroatoms. The number of hydrogen-bond donors (Lipinski definition) is 3. The third-order valence-electron chi connectivity index (χ3n) is 23.2. The van der Waals surface area contributed by atoms with Crippen molar-refractivity contribution < 1.29 is 45.1 Å². The third-order valence-corrected chi connectivity index (χ3v) is 25.8. The number of piperazine rings is 3. The number of halogens is 15. The number of rotatable bonds is 15. The summed E-state index contributed by atoms with van der Waals surface area (Å²) < 4.78 is 109. The van der Waals surface area contributed by atoms with Gasteiger partial charge in [0.05, 0.1) is 127 Å². The number of benzene rings is 3. The van der Waals surface area contributed by atoms with Crippen LogP contribution in [0, 0.1) is 95.5 Å². The van der Waals surface area contributed by atoms with Crippen molar-refractivity contribution in [1.29, 1.82) is 15.8 Å². The monoisotopic (exact) mass is 2000 g/mol. The summed E-state index contributed by atoms with van der Waals surface area (Å²) in [6, 6.07) is 15.5. The van der Waals surface area contributed by atoms with E-state index in [1.54, 1.807) is 87.0 Å². The van der Waals surface area contributed by atoms with Gasteiger partial charge in [-0.15, -0.1) is 0 Å². The Labute approximate surface area is 806 Å². The molecule has 6 N–H and O–H groups in total. The van der Waals surface area contributed by atoms with Gasteiger partial charge in [0.2, 0.25) is 17.7 Å². The second-order valence-corrected chi connectivity index (χ2v) is 35.3. The Morgan fingerprint density at radius 3 is 0.881 bits per heavy atom. The number of anilines is 6. The van der Waals surface area contributed by atoms with Crippen LogP contribution in [0.4, 0.5) is 64.9 Å². The number of fused-ring (bicyclic) bond motifs is 3.